The summed E-state index contributed by atoms with van der Waals surface area (Å²) in [5.41, 5.74) is 8.31. The lowest BCUT2D eigenvalue weighted by molar-refractivity contribution is 0.596. The summed E-state index contributed by atoms with van der Waals surface area (Å²) in [7, 11) is 0. The lowest BCUT2D eigenvalue weighted by Crippen LogP contribution is -2.02. The minimum Gasteiger partial charge on any atom is -0.0590 e. The van der Waals surface area contributed by atoms with Crippen LogP contribution in [-0.4, -0.2) is 0 Å². The Bertz CT molecular complexity index is 616. The number of hydrogen-bond acceptors (Lipinski definition) is 0. The molecule has 0 heteroatoms. The normalized spacial score (nSPS) is 13.9. The largest absolute Gasteiger partial charge is 0.0590 e. The monoisotopic (exact) mass is 293 g/mol. The summed E-state index contributed by atoms with van der Waals surface area (Å²) in [6, 6.07) is 13.6. The van der Waals surface area contributed by atoms with E-state index >= 15 is 0 Å². The van der Waals surface area contributed by atoms with Gasteiger partial charge in [0.1, 0.15) is 0 Å². The van der Waals surface area contributed by atoms with Gasteiger partial charge in [-0.15, -0.1) is 0 Å². The van der Waals surface area contributed by atoms with E-state index in [0.29, 0.717) is 11.8 Å². The van der Waals surface area contributed by atoms with E-state index in [4.69, 9.17) is 0 Å². The summed E-state index contributed by atoms with van der Waals surface area (Å²) < 4.78 is 0. The van der Waals surface area contributed by atoms with Crippen LogP contribution in [0, 0.1) is 34.6 Å². The molecule has 0 bridgehead atoms. The SMILES string of the molecule is [CH2]C(CCC(C)c1cc(C)ccc1C)c1cc(C)cc(C)c1. The highest BCUT2D eigenvalue weighted by Gasteiger charge is 2.13. The summed E-state index contributed by atoms with van der Waals surface area (Å²) in [6.45, 7) is 15.5. The van der Waals surface area contributed by atoms with Crippen molar-refractivity contribution in [3.05, 3.63) is 76.7 Å². The fraction of sp³-hybridized carbons (Fsp3) is 0.409. The fourth-order valence-corrected chi connectivity index (χ4v) is 3.31. The maximum atomic E-state index is 4.40. The Balaban J connectivity index is 2.04. The first-order chi connectivity index (χ1) is 10.4. The van der Waals surface area contributed by atoms with Crippen LogP contribution in [0.25, 0.3) is 0 Å². The Kier molecular flexibility index (Phi) is 5.45. The van der Waals surface area contributed by atoms with E-state index in [9.17, 15) is 0 Å². The van der Waals surface area contributed by atoms with Crippen molar-refractivity contribution < 1.29 is 0 Å². The van der Waals surface area contributed by atoms with E-state index in [-0.39, 0.29) is 0 Å². The lowest BCUT2D eigenvalue weighted by Gasteiger charge is -2.19. The Labute approximate surface area is 136 Å². The second-order valence-electron chi connectivity index (χ2n) is 6.96. The zero-order valence-corrected chi connectivity index (χ0v) is 14.7. The lowest BCUT2D eigenvalue weighted by atomic mass is 9.86. The van der Waals surface area contributed by atoms with Crippen LogP contribution in [0.15, 0.2) is 36.4 Å². The van der Waals surface area contributed by atoms with Crippen LogP contribution in [-0.2, 0) is 0 Å². The van der Waals surface area contributed by atoms with Crippen molar-refractivity contribution in [3.63, 3.8) is 0 Å². The van der Waals surface area contributed by atoms with Crippen LogP contribution >= 0.6 is 0 Å². The van der Waals surface area contributed by atoms with Crippen LogP contribution in [0.5, 0.6) is 0 Å². The standard InChI is InChI=1S/C22H29/c1-15-7-8-19(5)22(14-15)20(6)10-9-18(4)21-12-16(2)11-17(3)13-21/h7-8,11-14,18,20H,4,9-10H2,1-3,5-6H3. The smallest absolute Gasteiger partial charge is 0.0161 e. The molecule has 0 saturated carbocycles. The molecular weight excluding hydrogens is 264 g/mol. The van der Waals surface area contributed by atoms with Gasteiger partial charge in [-0.25, -0.2) is 0 Å². The molecule has 0 saturated heterocycles. The highest BCUT2D eigenvalue weighted by molar-refractivity contribution is 5.34. The maximum absolute atomic E-state index is 4.40. The molecule has 117 valence electrons. The van der Waals surface area contributed by atoms with Crippen molar-refractivity contribution in [2.45, 2.75) is 59.3 Å². The van der Waals surface area contributed by atoms with Gasteiger partial charge in [-0.05, 0) is 76.0 Å². The summed E-state index contributed by atoms with van der Waals surface area (Å²) in [5, 5.41) is 0. The summed E-state index contributed by atoms with van der Waals surface area (Å²) in [6.07, 6.45) is 2.32. The molecule has 1 radical (unpaired) electrons. The van der Waals surface area contributed by atoms with Gasteiger partial charge in [0.25, 0.3) is 0 Å². The van der Waals surface area contributed by atoms with Gasteiger partial charge in [-0.3, -0.25) is 0 Å². The average molecular weight is 293 g/mol. The molecule has 0 aliphatic carbocycles. The predicted molar refractivity (Wildman–Crippen MR) is 97.6 cm³/mol. The van der Waals surface area contributed by atoms with E-state index in [1.165, 1.54) is 39.8 Å². The maximum Gasteiger partial charge on any atom is -0.0161 e. The molecule has 22 heavy (non-hydrogen) atoms. The second kappa shape index (κ2) is 7.13. The summed E-state index contributed by atoms with van der Waals surface area (Å²) in [4.78, 5) is 0. The minimum absolute atomic E-state index is 0.381. The first-order valence-electron chi connectivity index (χ1n) is 8.35. The number of hydrogen-bond donors (Lipinski definition) is 0. The molecule has 2 aromatic rings. The van der Waals surface area contributed by atoms with Crippen LogP contribution in [0.1, 0.15) is 65.0 Å². The predicted octanol–water partition coefficient (Wildman–Crippen LogP) is 6.42. The molecule has 2 aromatic carbocycles. The van der Waals surface area contributed by atoms with Gasteiger partial charge in [0, 0.05) is 0 Å². The van der Waals surface area contributed by atoms with Crippen molar-refractivity contribution >= 4 is 0 Å². The Morgan fingerprint density at radius 3 is 2.09 bits per heavy atom. The third-order valence-corrected chi connectivity index (χ3v) is 4.63. The summed E-state index contributed by atoms with van der Waals surface area (Å²) in [5.74, 6) is 0.973. The molecule has 2 unspecified atom stereocenters. The van der Waals surface area contributed by atoms with Crippen molar-refractivity contribution in [2.75, 3.05) is 0 Å². The third kappa shape index (κ3) is 4.22. The van der Waals surface area contributed by atoms with E-state index in [1.54, 1.807) is 0 Å². The van der Waals surface area contributed by atoms with Crippen molar-refractivity contribution in [1.29, 1.82) is 0 Å². The Hall–Kier alpha value is -1.56. The van der Waals surface area contributed by atoms with Gasteiger partial charge in [0.2, 0.25) is 0 Å². The van der Waals surface area contributed by atoms with Crippen LogP contribution in [0.3, 0.4) is 0 Å². The molecular formula is C22H29. The zero-order valence-electron chi connectivity index (χ0n) is 14.7. The zero-order chi connectivity index (χ0) is 16.3. The van der Waals surface area contributed by atoms with Gasteiger partial charge < -0.3 is 0 Å². The van der Waals surface area contributed by atoms with Gasteiger partial charge in [-0.2, -0.15) is 0 Å². The summed E-state index contributed by atoms with van der Waals surface area (Å²) >= 11 is 0. The third-order valence-electron chi connectivity index (χ3n) is 4.63. The van der Waals surface area contributed by atoms with Gasteiger partial charge in [0.05, 0.1) is 0 Å². The van der Waals surface area contributed by atoms with E-state index in [1.807, 2.05) is 0 Å². The highest BCUT2D eigenvalue weighted by Crippen LogP contribution is 2.30. The van der Waals surface area contributed by atoms with E-state index in [2.05, 4.69) is 77.9 Å². The topological polar surface area (TPSA) is 0 Å². The van der Waals surface area contributed by atoms with Crippen LogP contribution in [0.4, 0.5) is 0 Å². The van der Waals surface area contributed by atoms with Crippen molar-refractivity contribution in [3.8, 4) is 0 Å². The molecule has 0 aromatic heterocycles. The van der Waals surface area contributed by atoms with Gasteiger partial charge in [-0.1, -0.05) is 60.0 Å². The quantitative estimate of drug-likeness (QED) is 0.596. The second-order valence-corrected chi connectivity index (χ2v) is 6.96. The van der Waals surface area contributed by atoms with Gasteiger partial charge >= 0.3 is 0 Å². The van der Waals surface area contributed by atoms with Crippen LogP contribution < -0.4 is 0 Å². The first-order valence-corrected chi connectivity index (χ1v) is 8.35. The molecule has 0 heterocycles. The molecule has 0 aliphatic rings. The highest BCUT2D eigenvalue weighted by atomic mass is 14.2. The fourth-order valence-electron chi connectivity index (χ4n) is 3.31. The molecule has 0 amide bonds. The molecule has 0 nitrogen and oxygen atoms in total. The Morgan fingerprint density at radius 2 is 1.45 bits per heavy atom. The molecule has 0 fully saturated rings. The van der Waals surface area contributed by atoms with E-state index < -0.39 is 0 Å². The molecule has 2 rings (SSSR count). The first kappa shape index (κ1) is 16.8. The molecule has 0 N–H and O–H groups in total. The molecule has 2 atom stereocenters. The van der Waals surface area contributed by atoms with E-state index in [0.717, 1.165) is 6.42 Å². The van der Waals surface area contributed by atoms with Crippen LogP contribution in [0.2, 0.25) is 0 Å². The number of benzene rings is 2. The number of aryl methyl sites for hydroxylation is 4. The van der Waals surface area contributed by atoms with Crippen molar-refractivity contribution in [1.82, 2.24) is 0 Å². The Morgan fingerprint density at radius 1 is 0.818 bits per heavy atom. The average Bonchev–Trinajstić information content (AvgIpc) is 2.45. The van der Waals surface area contributed by atoms with Crippen molar-refractivity contribution in [2.24, 2.45) is 0 Å². The molecule has 0 spiro atoms. The van der Waals surface area contributed by atoms with Gasteiger partial charge in [0.15, 0.2) is 0 Å². The molecule has 0 aliphatic heterocycles. The minimum atomic E-state index is 0.381. The number of rotatable bonds is 5.